The molecule has 0 spiro atoms. The predicted octanol–water partition coefficient (Wildman–Crippen LogP) is 5.91. The van der Waals surface area contributed by atoms with E-state index in [2.05, 4.69) is 45.6 Å². The highest BCUT2D eigenvalue weighted by Crippen LogP contribution is 2.54. The molecule has 3 aliphatic heterocycles. The number of carbonyl (C=O) groups is 2. The second-order valence-corrected chi connectivity index (χ2v) is 12.1. The van der Waals surface area contributed by atoms with Crippen LogP contribution in [0.5, 0.6) is 0 Å². The van der Waals surface area contributed by atoms with Gasteiger partial charge in [0.15, 0.2) is 5.72 Å². The predicted molar refractivity (Wildman–Crippen MR) is 165 cm³/mol. The average Bonchev–Trinajstić information content (AvgIpc) is 3.68. The number of nitrogens with one attached hydrogen (secondary N) is 1. The molecule has 2 amide bonds. The van der Waals surface area contributed by atoms with Gasteiger partial charge in [0, 0.05) is 54.2 Å². The van der Waals surface area contributed by atoms with Gasteiger partial charge in [0.05, 0.1) is 33.7 Å². The third-order valence-electron chi connectivity index (χ3n) is 10.0. The number of methoxy groups -OCH3 is 1. The Labute approximate surface area is 247 Å². The van der Waals surface area contributed by atoms with Crippen LogP contribution in [0, 0.1) is 0 Å². The number of aromatic nitrogens is 2. The molecule has 1 N–H and O–H groups in total. The number of fused-ring (bicyclic) bond motifs is 13. The second kappa shape index (κ2) is 8.46. The summed E-state index contributed by atoms with van der Waals surface area (Å²) < 4.78 is 18.1. The minimum atomic E-state index is -0.980. The number of para-hydroxylation sites is 2. The molecule has 0 aliphatic carbocycles. The van der Waals surface area contributed by atoms with Crippen molar-refractivity contribution in [3.05, 3.63) is 95.6 Å². The van der Waals surface area contributed by atoms with Crippen LogP contribution in [0.25, 0.3) is 43.6 Å². The highest BCUT2D eigenvalue weighted by atomic mass is 16.6. The largest absolute Gasteiger partial charge is 0.374 e. The number of carbonyl (C=O) groups excluding carboxylic acids is 2. The van der Waals surface area contributed by atoms with Gasteiger partial charge in [-0.05, 0) is 36.8 Å². The Bertz CT molecular complexity index is 2180. The lowest BCUT2D eigenvalue weighted by Gasteiger charge is -2.50. The first-order chi connectivity index (χ1) is 20.9. The highest BCUT2D eigenvalue weighted by molar-refractivity contribution is 6.31. The van der Waals surface area contributed by atoms with E-state index >= 15 is 0 Å². The first-order valence-electron chi connectivity index (χ1n) is 14.8. The molecule has 2 bridgehead atoms. The van der Waals surface area contributed by atoms with Crippen molar-refractivity contribution in [1.29, 1.82) is 0 Å². The van der Waals surface area contributed by atoms with E-state index in [-0.39, 0.29) is 17.9 Å². The zero-order valence-electron chi connectivity index (χ0n) is 24.1. The van der Waals surface area contributed by atoms with Crippen LogP contribution in [0.1, 0.15) is 45.9 Å². The molecular formula is C35H30N4O4. The van der Waals surface area contributed by atoms with Gasteiger partial charge in [-0.2, -0.15) is 0 Å². The Morgan fingerprint density at radius 2 is 1.63 bits per heavy atom. The zero-order chi connectivity index (χ0) is 29.2. The zero-order valence-corrected chi connectivity index (χ0v) is 24.1. The Balaban J connectivity index is 1.43. The van der Waals surface area contributed by atoms with E-state index < -0.39 is 18.1 Å². The molecule has 4 aromatic carbocycles. The van der Waals surface area contributed by atoms with E-state index in [1.165, 1.54) is 0 Å². The molecule has 9 rings (SSSR count). The topological polar surface area (TPSA) is 77.7 Å². The van der Waals surface area contributed by atoms with Gasteiger partial charge in [-0.3, -0.25) is 9.59 Å². The molecule has 6 aromatic rings. The lowest BCUT2D eigenvalue weighted by Crippen LogP contribution is -2.61. The standard InChI is InChI=1S/C35H30N4O4/c1-35-32(42-3)25(37(2)34(41)19-11-5-4-6-12-19)17-26(43-35)38-23-15-9-7-13-20(23)28-29-22(18-36-33(29)40)27-21-14-8-10-16-24(21)39(35)31(27)30(28)38/h4-16,25-26,32H,17-18H2,1-3H3,(H,36,40)/t25-,26-,32?,35+/m1/s1. The summed E-state index contributed by atoms with van der Waals surface area (Å²) in [7, 11) is 3.57. The van der Waals surface area contributed by atoms with E-state index in [9.17, 15) is 9.59 Å². The van der Waals surface area contributed by atoms with Gasteiger partial charge in [-0.1, -0.05) is 54.6 Å². The number of hydrogen-bond donors (Lipinski definition) is 1. The van der Waals surface area contributed by atoms with Gasteiger partial charge >= 0.3 is 0 Å². The van der Waals surface area contributed by atoms with Crippen LogP contribution in [-0.2, 0) is 21.7 Å². The summed E-state index contributed by atoms with van der Waals surface area (Å²) in [6.07, 6.45) is -0.386. The van der Waals surface area contributed by atoms with Crippen LogP contribution in [0.2, 0.25) is 0 Å². The number of ether oxygens (including phenoxy) is 2. The first-order valence-corrected chi connectivity index (χ1v) is 14.8. The van der Waals surface area contributed by atoms with Crippen molar-refractivity contribution >= 4 is 55.4 Å². The molecule has 1 saturated heterocycles. The van der Waals surface area contributed by atoms with Crippen molar-refractivity contribution in [3.8, 4) is 0 Å². The Morgan fingerprint density at radius 3 is 2.37 bits per heavy atom. The molecule has 1 fully saturated rings. The fourth-order valence-corrected chi connectivity index (χ4v) is 8.33. The summed E-state index contributed by atoms with van der Waals surface area (Å²) in [6, 6.07) is 25.7. The minimum absolute atomic E-state index is 0.0446. The first kappa shape index (κ1) is 24.9. The molecule has 8 nitrogen and oxygen atoms in total. The second-order valence-electron chi connectivity index (χ2n) is 12.1. The van der Waals surface area contributed by atoms with Crippen LogP contribution in [0.3, 0.4) is 0 Å². The summed E-state index contributed by atoms with van der Waals surface area (Å²) in [5.41, 5.74) is 5.46. The van der Waals surface area contributed by atoms with Crippen molar-refractivity contribution in [1.82, 2.24) is 19.4 Å². The van der Waals surface area contributed by atoms with E-state index in [1.807, 2.05) is 66.5 Å². The van der Waals surface area contributed by atoms with Gasteiger partial charge < -0.3 is 28.8 Å². The monoisotopic (exact) mass is 570 g/mol. The summed E-state index contributed by atoms with van der Waals surface area (Å²) in [6.45, 7) is 2.56. The van der Waals surface area contributed by atoms with E-state index in [4.69, 9.17) is 9.47 Å². The van der Waals surface area contributed by atoms with Gasteiger partial charge in [0.25, 0.3) is 11.8 Å². The maximum absolute atomic E-state index is 13.9. The van der Waals surface area contributed by atoms with Crippen LogP contribution in [0.4, 0.5) is 0 Å². The van der Waals surface area contributed by atoms with Gasteiger partial charge in [0.2, 0.25) is 0 Å². The maximum atomic E-state index is 13.9. The molecule has 4 atom stereocenters. The Morgan fingerprint density at radius 1 is 0.953 bits per heavy atom. The van der Waals surface area contributed by atoms with Gasteiger partial charge in [0.1, 0.15) is 12.3 Å². The molecule has 2 aromatic heterocycles. The summed E-state index contributed by atoms with van der Waals surface area (Å²) >= 11 is 0. The van der Waals surface area contributed by atoms with Crippen molar-refractivity contribution in [2.75, 3.05) is 14.2 Å². The molecule has 43 heavy (non-hydrogen) atoms. The van der Waals surface area contributed by atoms with Crippen LogP contribution < -0.4 is 5.32 Å². The molecule has 0 saturated carbocycles. The molecule has 3 aliphatic rings. The molecular weight excluding hydrogens is 540 g/mol. The van der Waals surface area contributed by atoms with Crippen molar-refractivity contribution in [2.24, 2.45) is 0 Å². The van der Waals surface area contributed by atoms with Crippen LogP contribution in [-0.4, -0.2) is 52.2 Å². The van der Waals surface area contributed by atoms with Crippen molar-refractivity contribution in [2.45, 2.75) is 44.0 Å². The number of nitrogens with zero attached hydrogens (tertiary/aromatic N) is 3. The lowest BCUT2D eigenvalue weighted by atomic mass is 9.91. The molecule has 1 unspecified atom stereocenters. The quantitative estimate of drug-likeness (QED) is 0.287. The van der Waals surface area contributed by atoms with Crippen LogP contribution in [0.15, 0.2) is 78.9 Å². The fourth-order valence-electron chi connectivity index (χ4n) is 8.33. The smallest absolute Gasteiger partial charge is 0.253 e. The molecule has 214 valence electrons. The van der Waals surface area contributed by atoms with Gasteiger partial charge in [-0.15, -0.1) is 0 Å². The lowest BCUT2D eigenvalue weighted by molar-refractivity contribution is -0.264. The Hall–Kier alpha value is -4.66. The third kappa shape index (κ3) is 2.97. The highest BCUT2D eigenvalue weighted by Gasteiger charge is 2.55. The SMILES string of the molecule is COC1[C@H](N(C)C(=O)c2ccccc2)C[C@H]2O[C@]1(C)n1c3ccccc3c3c4c(c5c6ccccc6n2c5c31)C(=O)NC4. The summed E-state index contributed by atoms with van der Waals surface area (Å²) in [5, 5.41) is 7.24. The number of rotatable bonds is 3. The fraction of sp³-hybridized carbons (Fsp3) is 0.257. The van der Waals surface area contributed by atoms with Gasteiger partial charge in [-0.25, -0.2) is 0 Å². The summed E-state index contributed by atoms with van der Waals surface area (Å²) in [5.74, 6) is -0.107. The number of hydrogen-bond acceptors (Lipinski definition) is 4. The molecule has 8 heteroatoms. The third-order valence-corrected chi connectivity index (χ3v) is 10.0. The van der Waals surface area contributed by atoms with E-state index in [0.717, 1.165) is 54.7 Å². The number of likely N-dealkylation sites (N-methyl/N-ethyl adjacent to an activating group) is 1. The van der Waals surface area contributed by atoms with Crippen LogP contribution >= 0.6 is 0 Å². The molecule has 5 heterocycles. The van der Waals surface area contributed by atoms with E-state index in [1.54, 1.807) is 7.11 Å². The molecule has 0 radical (unpaired) electrons. The normalized spacial score (nSPS) is 24.2. The minimum Gasteiger partial charge on any atom is -0.374 e. The summed E-state index contributed by atoms with van der Waals surface area (Å²) in [4.78, 5) is 29.2. The Kier molecular flexibility index (Phi) is 4.90. The van der Waals surface area contributed by atoms with Crippen molar-refractivity contribution < 1.29 is 19.1 Å². The van der Waals surface area contributed by atoms with Crippen molar-refractivity contribution in [3.63, 3.8) is 0 Å². The maximum Gasteiger partial charge on any atom is 0.253 e. The number of amides is 2. The number of benzene rings is 4. The average molecular weight is 571 g/mol. The van der Waals surface area contributed by atoms with E-state index in [0.29, 0.717) is 18.5 Å².